The molecule has 1 amide bonds. The highest BCUT2D eigenvalue weighted by molar-refractivity contribution is 5.65. The predicted molar refractivity (Wildman–Crippen MR) is 62.7 cm³/mol. The first-order valence-corrected chi connectivity index (χ1v) is 5.85. The van der Waals surface area contributed by atoms with Crippen LogP contribution in [0, 0.1) is 5.82 Å². The van der Waals surface area contributed by atoms with Crippen molar-refractivity contribution in [3.63, 3.8) is 0 Å². The number of hydrogen-bond donors (Lipinski definition) is 1. The van der Waals surface area contributed by atoms with Gasteiger partial charge in [-0.3, -0.25) is 0 Å². The van der Waals surface area contributed by atoms with Gasteiger partial charge in [-0.05, 0) is 18.2 Å². The minimum absolute atomic E-state index is 0.228. The van der Waals surface area contributed by atoms with E-state index in [2.05, 4.69) is 0 Å². The molecule has 1 aromatic carbocycles. The molecule has 0 aliphatic carbocycles. The van der Waals surface area contributed by atoms with Gasteiger partial charge in [0.2, 0.25) is 0 Å². The summed E-state index contributed by atoms with van der Waals surface area (Å²) in [6, 6.07) is 2.79. The Balaban J connectivity index is 2.17. The Kier molecular flexibility index (Phi) is 3.74. The van der Waals surface area contributed by atoms with Crippen molar-refractivity contribution in [1.29, 1.82) is 0 Å². The fourth-order valence-electron chi connectivity index (χ4n) is 2.15. The van der Waals surface area contributed by atoms with Gasteiger partial charge in [-0.25, -0.2) is 9.18 Å². The van der Waals surface area contributed by atoms with E-state index in [1.54, 1.807) is 4.90 Å². The molecule has 1 fully saturated rings. The van der Waals surface area contributed by atoms with Crippen LogP contribution in [0.5, 0.6) is 0 Å². The zero-order chi connectivity index (χ0) is 14.9. The molecule has 1 unspecified atom stereocenters. The predicted octanol–water partition coefficient (Wildman–Crippen LogP) is 2.52. The van der Waals surface area contributed by atoms with Gasteiger partial charge in [0.05, 0.1) is 12.1 Å². The number of hydrogen-bond acceptors (Lipinski definition) is 3. The van der Waals surface area contributed by atoms with Crippen molar-refractivity contribution in [2.45, 2.75) is 18.7 Å². The molecule has 0 aromatic heterocycles. The van der Waals surface area contributed by atoms with E-state index >= 15 is 0 Å². The third-order valence-electron chi connectivity index (χ3n) is 3.05. The first kappa shape index (κ1) is 14.4. The van der Waals surface area contributed by atoms with Gasteiger partial charge in [0.25, 0.3) is 0 Å². The second-order valence-corrected chi connectivity index (χ2v) is 4.46. The van der Waals surface area contributed by atoms with Gasteiger partial charge in [-0.15, -0.1) is 0 Å². The molecule has 1 saturated heterocycles. The summed E-state index contributed by atoms with van der Waals surface area (Å²) >= 11 is 0. The van der Waals surface area contributed by atoms with Gasteiger partial charge < -0.3 is 15.4 Å². The van der Waals surface area contributed by atoms with Crippen LogP contribution in [-0.2, 0) is 10.9 Å². The van der Waals surface area contributed by atoms with Crippen molar-refractivity contribution in [2.24, 2.45) is 5.73 Å². The van der Waals surface area contributed by atoms with Crippen molar-refractivity contribution >= 4 is 11.8 Å². The topological polar surface area (TPSA) is 55.6 Å². The lowest BCUT2D eigenvalue weighted by Gasteiger charge is -2.20. The number of carbonyl (C=O) groups is 1. The highest BCUT2D eigenvalue weighted by Crippen LogP contribution is 2.34. The largest absolute Gasteiger partial charge is 0.444 e. The van der Waals surface area contributed by atoms with Crippen LogP contribution in [0.4, 0.5) is 28.0 Å². The number of primary amides is 1. The lowest BCUT2D eigenvalue weighted by atomic mass is 10.1. The first-order chi connectivity index (χ1) is 9.27. The Hall–Kier alpha value is -1.99. The quantitative estimate of drug-likeness (QED) is 0.852. The molecule has 1 aromatic rings. The summed E-state index contributed by atoms with van der Waals surface area (Å²) in [6.45, 7) is 0.632. The summed E-state index contributed by atoms with van der Waals surface area (Å²) in [5.41, 5.74) is 3.80. The normalized spacial score (nSPS) is 19.2. The molecule has 0 spiro atoms. The Morgan fingerprint density at radius 1 is 1.40 bits per heavy atom. The molecule has 1 aliphatic rings. The summed E-state index contributed by atoms with van der Waals surface area (Å²) in [4.78, 5) is 12.2. The molecule has 2 rings (SSSR count). The van der Waals surface area contributed by atoms with Crippen molar-refractivity contribution in [2.75, 3.05) is 18.0 Å². The van der Waals surface area contributed by atoms with Crippen LogP contribution in [0.15, 0.2) is 18.2 Å². The lowest BCUT2D eigenvalue weighted by molar-refractivity contribution is -0.139. The number of halogens is 4. The van der Waals surface area contributed by atoms with Gasteiger partial charge in [0.15, 0.2) is 0 Å². The van der Waals surface area contributed by atoms with E-state index in [-0.39, 0.29) is 12.2 Å². The first-order valence-electron chi connectivity index (χ1n) is 5.85. The second kappa shape index (κ2) is 5.18. The second-order valence-electron chi connectivity index (χ2n) is 4.46. The third kappa shape index (κ3) is 3.12. The van der Waals surface area contributed by atoms with Gasteiger partial charge in [0.1, 0.15) is 11.9 Å². The molecule has 1 aliphatic heterocycles. The molecular formula is C12H12F4N2O2. The lowest BCUT2D eigenvalue weighted by Crippen LogP contribution is -2.27. The molecule has 110 valence electrons. The number of alkyl halides is 3. The van der Waals surface area contributed by atoms with Crippen LogP contribution >= 0.6 is 0 Å². The molecule has 2 N–H and O–H groups in total. The summed E-state index contributed by atoms with van der Waals surface area (Å²) in [6.07, 6.45) is -5.68. The van der Waals surface area contributed by atoms with Gasteiger partial charge in [-0.2, -0.15) is 13.2 Å². The molecule has 20 heavy (non-hydrogen) atoms. The zero-order valence-electron chi connectivity index (χ0n) is 10.3. The molecular weight excluding hydrogens is 280 g/mol. The Labute approximate surface area is 112 Å². The number of amides is 1. The fraction of sp³-hybridized carbons (Fsp3) is 0.417. The van der Waals surface area contributed by atoms with Crippen LogP contribution in [0.1, 0.15) is 12.0 Å². The Bertz CT molecular complexity index is 519. The average molecular weight is 292 g/mol. The van der Waals surface area contributed by atoms with E-state index in [4.69, 9.17) is 10.5 Å². The maximum absolute atomic E-state index is 13.2. The molecule has 8 heteroatoms. The minimum atomic E-state index is -4.75. The van der Waals surface area contributed by atoms with Gasteiger partial charge >= 0.3 is 12.3 Å². The van der Waals surface area contributed by atoms with Crippen molar-refractivity contribution in [3.05, 3.63) is 29.6 Å². The number of nitrogens with two attached hydrogens (primary N) is 1. The van der Waals surface area contributed by atoms with E-state index < -0.39 is 29.8 Å². The third-order valence-corrected chi connectivity index (χ3v) is 3.05. The van der Waals surface area contributed by atoms with E-state index in [1.807, 2.05) is 0 Å². The average Bonchev–Trinajstić information content (AvgIpc) is 2.75. The Morgan fingerprint density at radius 3 is 2.70 bits per heavy atom. The number of benzene rings is 1. The Morgan fingerprint density at radius 2 is 2.10 bits per heavy atom. The number of rotatable bonds is 2. The zero-order valence-corrected chi connectivity index (χ0v) is 10.3. The van der Waals surface area contributed by atoms with Crippen LogP contribution in [0.3, 0.4) is 0 Å². The van der Waals surface area contributed by atoms with Gasteiger partial charge in [-0.1, -0.05) is 0 Å². The standard InChI is InChI=1S/C12H12F4N2O2/c13-10-2-1-7(5-9(10)12(14,15)16)18-4-3-8(6-18)20-11(17)19/h1-2,5,8H,3-4,6H2,(H2,17,19). The van der Waals surface area contributed by atoms with Crippen LogP contribution in [0.2, 0.25) is 0 Å². The number of nitrogens with zero attached hydrogens (tertiary/aromatic N) is 1. The van der Waals surface area contributed by atoms with E-state index in [0.717, 1.165) is 12.1 Å². The van der Waals surface area contributed by atoms with Crippen LogP contribution in [0.25, 0.3) is 0 Å². The van der Waals surface area contributed by atoms with Gasteiger partial charge in [0, 0.05) is 18.7 Å². The number of carbonyl (C=O) groups excluding carboxylic acids is 1. The molecule has 0 bridgehead atoms. The van der Waals surface area contributed by atoms with E-state index in [0.29, 0.717) is 13.0 Å². The van der Waals surface area contributed by atoms with E-state index in [1.165, 1.54) is 6.07 Å². The fourth-order valence-corrected chi connectivity index (χ4v) is 2.15. The number of ether oxygens (including phenoxy) is 1. The summed E-state index contributed by atoms with van der Waals surface area (Å²) in [5, 5.41) is 0. The maximum atomic E-state index is 13.2. The van der Waals surface area contributed by atoms with Crippen LogP contribution < -0.4 is 10.6 Å². The molecule has 4 nitrogen and oxygen atoms in total. The highest BCUT2D eigenvalue weighted by Gasteiger charge is 2.35. The van der Waals surface area contributed by atoms with Crippen LogP contribution in [-0.4, -0.2) is 25.3 Å². The molecule has 1 atom stereocenters. The number of anilines is 1. The molecule has 1 heterocycles. The highest BCUT2D eigenvalue weighted by atomic mass is 19.4. The van der Waals surface area contributed by atoms with Crippen molar-refractivity contribution < 1.29 is 27.1 Å². The maximum Gasteiger partial charge on any atom is 0.419 e. The summed E-state index contributed by atoms with van der Waals surface area (Å²) in [7, 11) is 0. The van der Waals surface area contributed by atoms with E-state index in [9.17, 15) is 22.4 Å². The van der Waals surface area contributed by atoms with Crippen molar-refractivity contribution in [1.82, 2.24) is 0 Å². The molecule has 0 saturated carbocycles. The summed E-state index contributed by atoms with van der Waals surface area (Å²) < 4.78 is 55.8. The SMILES string of the molecule is NC(=O)OC1CCN(c2ccc(F)c(C(F)(F)F)c2)C1. The minimum Gasteiger partial charge on any atom is -0.444 e. The summed E-state index contributed by atoms with van der Waals surface area (Å²) in [5.74, 6) is -1.31. The van der Waals surface area contributed by atoms with Crippen molar-refractivity contribution in [3.8, 4) is 0 Å². The monoisotopic (exact) mass is 292 g/mol. The smallest absolute Gasteiger partial charge is 0.419 e. The molecule has 0 radical (unpaired) electrons.